The molecule has 1 aromatic carbocycles. The predicted octanol–water partition coefficient (Wildman–Crippen LogP) is 5.18. The Kier molecular flexibility index (Phi) is 5.20. The molecule has 0 aromatic heterocycles. The Labute approximate surface area is 139 Å². The zero-order chi connectivity index (χ0) is 15.6. The van der Waals surface area contributed by atoms with Crippen molar-refractivity contribution < 1.29 is 9.90 Å². The molecule has 1 aliphatic carbocycles. The molecule has 0 saturated heterocycles. The molecule has 0 amide bonds. The van der Waals surface area contributed by atoms with Crippen molar-refractivity contribution in [3.8, 4) is 0 Å². The van der Waals surface area contributed by atoms with E-state index >= 15 is 0 Å². The fraction of sp³-hybridized carbons (Fsp3) is 0.562. The maximum Gasteiger partial charge on any atom is 0.329 e. The molecule has 5 heteroatoms. The molecular formula is C16H21BrClNO2. The highest BCUT2D eigenvalue weighted by atomic mass is 79.9. The molecule has 116 valence electrons. The number of hydrogen-bond donors (Lipinski definition) is 2. The summed E-state index contributed by atoms with van der Waals surface area (Å²) in [6.07, 6.45) is 3.22. The summed E-state index contributed by atoms with van der Waals surface area (Å²) in [4.78, 5) is 11.8. The van der Waals surface area contributed by atoms with Crippen molar-refractivity contribution in [1.82, 2.24) is 0 Å². The average Bonchev–Trinajstić information content (AvgIpc) is 2.43. The summed E-state index contributed by atoms with van der Waals surface area (Å²) in [6.45, 7) is 4.42. The maximum absolute atomic E-state index is 11.8. The van der Waals surface area contributed by atoms with Crippen LogP contribution in [0.25, 0.3) is 0 Å². The van der Waals surface area contributed by atoms with Crippen LogP contribution >= 0.6 is 27.5 Å². The van der Waals surface area contributed by atoms with E-state index in [4.69, 9.17) is 11.6 Å². The summed E-state index contributed by atoms with van der Waals surface area (Å²) in [7, 11) is 0. The molecule has 1 aromatic rings. The minimum absolute atomic E-state index is 0.612. The fourth-order valence-electron chi connectivity index (χ4n) is 3.04. The quantitative estimate of drug-likeness (QED) is 0.763. The topological polar surface area (TPSA) is 49.3 Å². The lowest BCUT2D eigenvalue weighted by Gasteiger charge is -2.39. The van der Waals surface area contributed by atoms with Gasteiger partial charge in [-0.05, 0) is 71.6 Å². The Hall–Kier alpha value is -0.740. The second kappa shape index (κ2) is 6.57. The van der Waals surface area contributed by atoms with E-state index in [1.807, 2.05) is 12.1 Å². The third-order valence-electron chi connectivity index (χ3n) is 4.54. The van der Waals surface area contributed by atoms with Crippen molar-refractivity contribution in [2.24, 2.45) is 11.8 Å². The first-order valence-corrected chi connectivity index (χ1v) is 8.48. The molecule has 0 spiro atoms. The highest BCUT2D eigenvalue weighted by Crippen LogP contribution is 2.38. The molecule has 21 heavy (non-hydrogen) atoms. The van der Waals surface area contributed by atoms with E-state index < -0.39 is 11.5 Å². The van der Waals surface area contributed by atoms with Crippen molar-refractivity contribution >= 4 is 39.2 Å². The number of aliphatic carboxylic acids is 1. The number of benzene rings is 1. The Balaban J connectivity index is 2.16. The summed E-state index contributed by atoms with van der Waals surface area (Å²) in [6, 6.07) is 5.43. The van der Waals surface area contributed by atoms with E-state index in [1.54, 1.807) is 6.07 Å². The summed E-state index contributed by atoms with van der Waals surface area (Å²) < 4.78 is 0.769. The Bertz CT molecular complexity index is 525. The smallest absolute Gasteiger partial charge is 0.329 e. The molecule has 0 atom stereocenters. The normalized spacial score (nSPS) is 25.9. The van der Waals surface area contributed by atoms with Crippen LogP contribution in [-0.4, -0.2) is 16.6 Å². The second-order valence-corrected chi connectivity index (χ2v) is 7.48. The molecule has 3 nitrogen and oxygen atoms in total. The van der Waals surface area contributed by atoms with Crippen molar-refractivity contribution in [1.29, 1.82) is 0 Å². The zero-order valence-electron chi connectivity index (χ0n) is 12.3. The minimum atomic E-state index is -0.862. The third kappa shape index (κ3) is 3.72. The van der Waals surface area contributed by atoms with Crippen LogP contribution < -0.4 is 5.32 Å². The van der Waals surface area contributed by atoms with E-state index in [9.17, 15) is 9.90 Å². The van der Waals surface area contributed by atoms with Gasteiger partial charge in [-0.3, -0.25) is 0 Å². The van der Waals surface area contributed by atoms with Gasteiger partial charge in [0, 0.05) is 10.2 Å². The predicted molar refractivity (Wildman–Crippen MR) is 89.9 cm³/mol. The highest BCUT2D eigenvalue weighted by molar-refractivity contribution is 9.10. The first kappa shape index (κ1) is 16.6. The first-order valence-electron chi connectivity index (χ1n) is 7.31. The van der Waals surface area contributed by atoms with Crippen LogP contribution in [0.2, 0.25) is 5.02 Å². The largest absolute Gasteiger partial charge is 0.480 e. The Morgan fingerprint density at radius 2 is 2.05 bits per heavy atom. The molecular weight excluding hydrogens is 354 g/mol. The van der Waals surface area contributed by atoms with E-state index in [1.165, 1.54) is 0 Å². The summed E-state index contributed by atoms with van der Waals surface area (Å²) >= 11 is 9.36. The number of carboxylic acid groups (broad SMARTS) is 1. The van der Waals surface area contributed by atoms with Gasteiger partial charge >= 0.3 is 5.97 Å². The lowest BCUT2D eigenvalue weighted by molar-refractivity contribution is -0.144. The highest BCUT2D eigenvalue weighted by Gasteiger charge is 2.42. The molecule has 0 aliphatic heterocycles. The molecule has 2 rings (SSSR count). The molecule has 0 heterocycles. The number of carboxylic acids is 1. The molecule has 2 N–H and O–H groups in total. The SMILES string of the molecule is CC(C)C1CCC(Nc2ccc(Cl)c(Br)c2)(C(=O)O)CC1. The van der Waals surface area contributed by atoms with Gasteiger partial charge in [-0.1, -0.05) is 25.4 Å². The van der Waals surface area contributed by atoms with Crippen LogP contribution in [0.1, 0.15) is 39.5 Å². The number of anilines is 1. The molecule has 1 saturated carbocycles. The van der Waals surface area contributed by atoms with E-state index in [0.29, 0.717) is 29.7 Å². The van der Waals surface area contributed by atoms with Gasteiger partial charge in [-0.2, -0.15) is 0 Å². The van der Waals surface area contributed by atoms with Crippen LogP contribution in [0.15, 0.2) is 22.7 Å². The first-order chi connectivity index (χ1) is 9.84. The van der Waals surface area contributed by atoms with Gasteiger partial charge in [0.2, 0.25) is 0 Å². The van der Waals surface area contributed by atoms with Crippen LogP contribution in [-0.2, 0) is 4.79 Å². The van der Waals surface area contributed by atoms with Crippen LogP contribution in [0, 0.1) is 11.8 Å². The van der Waals surface area contributed by atoms with Gasteiger partial charge in [0.1, 0.15) is 5.54 Å². The molecule has 0 radical (unpaired) electrons. The number of nitrogens with one attached hydrogen (secondary N) is 1. The summed E-state index contributed by atoms with van der Waals surface area (Å²) in [5, 5.41) is 13.6. The molecule has 1 aliphatic rings. The number of halogens is 2. The van der Waals surface area contributed by atoms with Gasteiger partial charge in [0.25, 0.3) is 0 Å². The molecule has 0 unspecified atom stereocenters. The van der Waals surface area contributed by atoms with Gasteiger partial charge < -0.3 is 10.4 Å². The van der Waals surface area contributed by atoms with Crippen molar-refractivity contribution in [2.45, 2.75) is 45.1 Å². The third-order valence-corrected chi connectivity index (χ3v) is 5.75. The standard InChI is InChI=1S/C16H21BrClNO2/c1-10(2)11-5-7-16(8-6-11,15(20)21)19-12-3-4-14(18)13(17)9-12/h3-4,9-11,19H,5-8H2,1-2H3,(H,20,21). The maximum atomic E-state index is 11.8. The molecule has 1 fully saturated rings. The number of carbonyl (C=O) groups is 1. The van der Waals surface area contributed by atoms with Crippen LogP contribution in [0.5, 0.6) is 0 Å². The number of hydrogen-bond acceptors (Lipinski definition) is 2. The van der Waals surface area contributed by atoms with E-state index in [2.05, 4.69) is 35.1 Å². The lowest BCUT2D eigenvalue weighted by atomic mass is 9.72. The van der Waals surface area contributed by atoms with Crippen molar-refractivity contribution in [3.05, 3.63) is 27.7 Å². The summed E-state index contributed by atoms with van der Waals surface area (Å²) in [5.74, 6) is 0.466. The van der Waals surface area contributed by atoms with Crippen molar-refractivity contribution in [3.63, 3.8) is 0 Å². The summed E-state index contributed by atoms with van der Waals surface area (Å²) in [5.41, 5.74) is -0.0739. The molecule has 0 bridgehead atoms. The van der Waals surface area contributed by atoms with E-state index in [-0.39, 0.29) is 0 Å². The second-order valence-electron chi connectivity index (χ2n) is 6.22. The minimum Gasteiger partial charge on any atom is -0.480 e. The lowest BCUT2D eigenvalue weighted by Crippen LogP contribution is -2.49. The van der Waals surface area contributed by atoms with E-state index in [0.717, 1.165) is 23.0 Å². The monoisotopic (exact) mass is 373 g/mol. The Morgan fingerprint density at radius 1 is 1.43 bits per heavy atom. The Morgan fingerprint density at radius 3 is 2.52 bits per heavy atom. The average molecular weight is 375 g/mol. The van der Waals surface area contributed by atoms with Gasteiger partial charge in [-0.15, -0.1) is 0 Å². The van der Waals surface area contributed by atoms with Gasteiger partial charge in [0.15, 0.2) is 0 Å². The van der Waals surface area contributed by atoms with Gasteiger partial charge in [0.05, 0.1) is 5.02 Å². The zero-order valence-corrected chi connectivity index (χ0v) is 14.7. The van der Waals surface area contributed by atoms with Crippen LogP contribution in [0.4, 0.5) is 5.69 Å². The van der Waals surface area contributed by atoms with Crippen molar-refractivity contribution in [2.75, 3.05) is 5.32 Å². The number of rotatable bonds is 4. The fourth-order valence-corrected chi connectivity index (χ4v) is 3.54. The van der Waals surface area contributed by atoms with Gasteiger partial charge in [-0.25, -0.2) is 4.79 Å². The van der Waals surface area contributed by atoms with Crippen LogP contribution in [0.3, 0.4) is 0 Å².